The molecular formula is C14H25NO5. The van der Waals surface area contributed by atoms with Crippen LogP contribution in [0.3, 0.4) is 0 Å². The van der Waals surface area contributed by atoms with Gasteiger partial charge in [0, 0.05) is 13.1 Å². The number of esters is 1. The molecule has 1 fully saturated rings. The molecule has 1 aliphatic rings. The fraction of sp³-hybridized carbons (Fsp3) is 0.857. The van der Waals surface area contributed by atoms with Crippen LogP contribution in [0.15, 0.2) is 0 Å². The van der Waals surface area contributed by atoms with E-state index in [-0.39, 0.29) is 18.2 Å². The van der Waals surface area contributed by atoms with Crippen LogP contribution in [0.5, 0.6) is 0 Å². The van der Waals surface area contributed by atoms with Gasteiger partial charge in [-0.25, -0.2) is 9.59 Å². The minimum absolute atomic E-state index is 0.0252. The van der Waals surface area contributed by atoms with Crippen LogP contribution < -0.4 is 0 Å². The molecule has 0 aliphatic carbocycles. The number of carbonyl (C=O) groups is 2. The molecule has 20 heavy (non-hydrogen) atoms. The third-order valence-electron chi connectivity index (χ3n) is 3.02. The molecule has 0 N–H and O–H groups in total. The van der Waals surface area contributed by atoms with Crippen molar-refractivity contribution in [1.29, 1.82) is 0 Å². The first-order valence-electron chi connectivity index (χ1n) is 6.94. The van der Waals surface area contributed by atoms with Gasteiger partial charge < -0.3 is 19.1 Å². The van der Waals surface area contributed by atoms with E-state index >= 15 is 0 Å². The monoisotopic (exact) mass is 287 g/mol. The zero-order chi connectivity index (χ0) is 15.3. The van der Waals surface area contributed by atoms with E-state index in [1.165, 1.54) is 7.11 Å². The highest BCUT2D eigenvalue weighted by Gasteiger charge is 2.29. The summed E-state index contributed by atoms with van der Waals surface area (Å²) in [6.45, 7) is 8.36. The van der Waals surface area contributed by atoms with Crippen LogP contribution in [0, 0.1) is 0 Å². The number of nitrogens with zero attached hydrogens (tertiary/aromatic N) is 1. The summed E-state index contributed by atoms with van der Waals surface area (Å²) in [4.78, 5) is 24.8. The number of methoxy groups -OCH3 is 1. The highest BCUT2D eigenvalue weighted by atomic mass is 16.6. The van der Waals surface area contributed by atoms with Gasteiger partial charge in [0.05, 0.1) is 13.2 Å². The van der Waals surface area contributed by atoms with Gasteiger partial charge in [0.2, 0.25) is 0 Å². The van der Waals surface area contributed by atoms with Gasteiger partial charge in [-0.1, -0.05) is 0 Å². The summed E-state index contributed by atoms with van der Waals surface area (Å²) >= 11 is 0. The van der Waals surface area contributed by atoms with Crippen molar-refractivity contribution in [3.8, 4) is 0 Å². The third kappa shape index (κ3) is 5.36. The molecule has 1 saturated heterocycles. The van der Waals surface area contributed by atoms with Gasteiger partial charge in [-0.15, -0.1) is 0 Å². The summed E-state index contributed by atoms with van der Waals surface area (Å²) in [5.74, 6) is -0.375. The molecule has 0 spiro atoms. The van der Waals surface area contributed by atoms with Gasteiger partial charge in [-0.05, 0) is 40.5 Å². The quantitative estimate of drug-likeness (QED) is 0.742. The molecule has 1 amide bonds. The first-order valence-corrected chi connectivity index (χ1v) is 6.94. The first-order chi connectivity index (χ1) is 9.23. The Balaban J connectivity index is 2.36. The first kappa shape index (κ1) is 16.8. The number of ether oxygens (including phenoxy) is 3. The number of carbonyl (C=O) groups excluding carboxylic acids is 2. The van der Waals surface area contributed by atoms with E-state index < -0.39 is 11.7 Å². The van der Waals surface area contributed by atoms with Crippen LogP contribution in [0.25, 0.3) is 0 Å². The molecule has 1 atom stereocenters. The number of hydrogen-bond donors (Lipinski definition) is 0. The maximum atomic E-state index is 11.9. The van der Waals surface area contributed by atoms with Crippen molar-refractivity contribution in [2.75, 3.05) is 20.2 Å². The summed E-state index contributed by atoms with van der Waals surface area (Å²) in [7, 11) is 1.34. The Kier molecular flexibility index (Phi) is 5.80. The van der Waals surface area contributed by atoms with E-state index in [0.29, 0.717) is 25.9 Å². The molecule has 1 rings (SSSR count). The normalized spacial score (nSPS) is 18.6. The largest absolute Gasteiger partial charge is 0.467 e. The van der Waals surface area contributed by atoms with Crippen molar-refractivity contribution in [3.63, 3.8) is 0 Å². The third-order valence-corrected chi connectivity index (χ3v) is 3.02. The number of hydrogen-bond acceptors (Lipinski definition) is 5. The predicted molar refractivity (Wildman–Crippen MR) is 73.4 cm³/mol. The standard InChI is InChI=1S/C14H25NO5/c1-10(12(16)18-5)19-11-6-8-15(9-7-11)13(17)20-14(2,3)4/h10-11H,6-9H2,1-5H3. The number of likely N-dealkylation sites (tertiary alicyclic amines) is 1. The van der Waals surface area contributed by atoms with E-state index in [1.807, 2.05) is 20.8 Å². The van der Waals surface area contributed by atoms with E-state index in [4.69, 9.17) is 9.47 Å². The Bertz CT molecular complexity index is 342. The molecule has 0 saturated carbocycles. The van der Waals surface area contributed by atoms with Crippen molar-refractivity contribution in [2.24, 2.45) is 0 Å². The molecule has 116 valence electrons. The minimum Gasteiger partial charge on any atom is -0.467 e. The maximum absolute atomic E-state index is 11.9. The lowest BCUT2D eigenvalue weighted by Gasteiger charge is -2.34. The summed E-state index contributed by atoms with van der Waals surface area (Å²) in [5, 5.41) is 0. The number of rotatable bonds is 3. The zero-order valence-electron chi connectivity index (χ0n) is 13.0. The zero-order valence-corrected chi connectivity index (χ0v) is 13.0. The van der Waals surface area contributed by atoms with Gasteiger partial charge >= 0.3 is 12.1 Å². The molecule has 0 aromatic rings. The molecule has 1 unspecified atom stereocenters. The van der Waals surface area contributed by atoms with Crippen molar-refractivity contribution >= 4 is 12.1 Å². The second-order valence-corrected chi connectivity index (χ2v) is 5.97. The lowest BCUT2D eigenvalue weighted by atomic mass is 10.1. The summed E-state index contributed by atoms with van der Waals surface area (Å²) in [6, 6.07) is 0. The van der Waals surface area contributed by atoms with Crippen LogP contribution in [0.4, 0.5) is 4.79 Å². The van der Waals surface area contributed by atoms with Crippen LogP contribution in [-0.4, -0.2) is 55.0 Å². The second-order valence-electron chi connectivity index (χ2n) is 5.97. The van der Waals surface area contributed by atoms with Gasteiger partial charge in [0.1, 0.15) is 5.60 Å². The highest BCUT2D eigenvalue weighted by molar-refractivity contribution is 5.74. The second kappa shape index (κ2) is 6.92. The number of piperidine rings is 1. The summed E-state index contributed by atoms with van der Waals surface area (Å²) in [5.41, 5.74) is -0.482. The molecule has 6 heteroatoms. The number of amides is 1. The molecule has 0 radical (unpaired) electrons. The van der Waals surface area contributed by atoms with Crippen molar-refractivity contribution < 1.29 is 23.8 Å². The Morgan fingerprint density at radius 1 is 1.20 bits per heavy atom. The van der Waals surface area contributed by atoms with Crippen molar-refractivity contribution in [1.82, 2.24) is 4.90 Å². The van der Waals surface area contributed by atoms with Gasteiger partial charge in [0.15, 0.2) is 6.10 Å². The van der Waals surface area contributed by atoms with E-state index in [0.717, 1.165) is 0 Å². The fourth-order valence-electron chi connectivity index (χ4n) is 2.01. The molecule has 0 bridgehead atoms. The van der Waals surface area contributed by atoms with Gasteiger partial charge in [0.25, 0.3) is 0 Å². The molecule has 0 aromatic heterocycles. The summed E-state index contributed by atoms with van der Waals surface area (Å²) < 4.78 is 15.6. The predicted octanol–water partition coefficient (Wildman–Crippen LogP) is 1.96. The Morgan fingerprint density at radius 2 is 1.75 bits per heavy atom. The average Bonchev–Trinajstić information content (AvgIpc) is 2.36. The Labute approximate surface area is 120 Å². The van der Waals surface area contributed by atoms with Gasteiger partial charge in [-0.3, -0.25) is 0 Å². The molecule has 1 aliphatic heterocycles. The molecular weight excluding hydrogens is 262 g/mol. The lowest BCUT2D eigenvalue weighted by molar-refractivity contribution is -0.158. The van der Waals surface area contributed by atoms with Crippen molar-refractivity contribution in [2.45, 2.75) is 58.3 Å². The van der Waals surface area contributed by atoms with E-state index in [2.05, 4.69) is 4.74 Å². The molecule has 1 heterocycles. The molecule has 0 aromatic carbocycles. The van der Waals surface area contributed by atoms with Gasteiger partial charge in [-0.2, -0.15) is 0 Å². The highest BCUT2D eigenvalue weighted by Crippen LogP contribution is 2.18. The maximum Gasteiger partial charge on any atom is 0.410 e. The molecule has 6 nitrogen and oxygen atoms in total. The average molecular weight is 287 g/mol. The lowest BCUT2D eigenvalue weighted by Crippen LogP contribution is -2.44. The Hall–Kier alpha value is -1.30. The van der Waals surface area contributed by atoms with Crippen LogP contribution in [-0.2, 0) is 19.0 Å². The SMILES string of the molecule is COC(=O)C(C)OC1CCN(C(=O)OC(C)(C)C)CC1. The fourth-order valence-corrected chi connectivity index (χ4v) is 2.01. The van der Waals surface area contributed by atoms with E-state index in [1.54, 1.807) is 11.8 Å². The van der Waals surface area contributed by atoms with Crippen molar-refractivity contribution in [3.05, 3.63) is 0 Å². The van der Waals surface area contributed by atoms with Crippen LogP contribution in [0.1, 0.15) is 40.5 Å². The summed E-state index contributed by atoms with van der Waals surface area (Å²) in [6.07, 6.45) is 0.499. The topological polar surface area (TPSA) is 65.1 Å². The Morgan fingerprint density at radius 3 is 2.20 bits per heavy atom. The van der Waals surface area contributed by atoms with Crippen LogP contribution in [0.2, 0.25) is 0 Å². The minimum atomic E-state index is -0.571. The smallest absolute Gasteiger partial charge is 0.410 e. The van der Waals surface area contributed by atoms with E-state index in [9.17, 15) is 9.59 Å². The van der Waals surface area contributed by atoms with Crippen LogP contribution >= 0.6 is 0 Å².